The lowest BCUT2D eigenvalue weighted by atomic mass is 10.1. The van der Waals surface area contributed by atoms with Crippen LogP contribution in [0.4, 0.5) is 5.69 Å². The van der Waals surface area contributed by atoms with Crippen molar-refractivity contribution in [2.75, 3.05) is 18.6 Å². The molecule has 2 aromatic rings. The highest BCUT2D eigenvalue weighted by molar-refractivity contribution is 5.66. The average molecular weight is 328 g/mol. The van der Waals surface area contributed by atoms with E-state index in [1.54, 1.807) is 0 Å². The van der Waals surface area contributed by atoms with Crippen LogP contribution in [0, 0.1) is 0 Å². The molecule has 0 spiro atoms. The number of rotatable bonds is 9. The molecule has 0 saturated carbocycles. The van der Waals surface area contributed by atoms with Crippen LogP contribution in [-0.2, 0) is 11.2 Å². The van der Waals surface area contributed by atoms with E-state index in [9.17, 15) is 9.90 Å². The van der Waals surface area contributed by atoms with Crippen LogP contribution in [0.15, 0.2) is 54.6 Å². The third-order valence-corrected chi connectivity index (χ3v) is 3.91. The molecule has 0 radical (unpaired) electrons. The molecule has 2 aromatic carbocycles. The Bertz CT molecular complexity index is 629. The normalized spacial score (nSPS) is 11.9. The van der Waals surface area contributed by atoms with Crippen molar-refractivity contribution in [1.29, 1.82) is 0 Å². The maximum atomic E-state index is 10.6. The van der Waals surface area contributed by atoms with Crippen molar-refractivity contribution in [2.24, 2.45) is 0 Å². The third-order valence-electron chi connectivity index (χ3n) is 3.91. The van der Waals surface area contributed by atoms with Gasteiger partial charge in [-0.25, -0.2) is 5.43 Å². The Labute approximate surface area is 142 Å². The second-order valence-electron chi connectivity index (χ2n) is 5.67. The Morgan fingerprint density at radius 2 is 1.79 bits per heavy atom. The number of hydrogen-bond acceptors (Lipinski definition) is 4. The van der Waals surface area contributed by atoms with Gasteiger partial charge in [0.1, 0.15) is 0 Å². The predicted octanol–water partition coefficient (Wildman–Crippen LogP) is 2.77. The smallest absolute Gasteiger partial charge is 0.303 e. The number of carboxylic acids is 1. The van der Waals surface area contributed by atoms with Gasteiger partial charge in [0.05, 0.1) is 18.3 Å². The fourth-order valence-electron chi connectivity index (χ4n) is 2.57. The molecule has 0 amide bonds. The minimum absolute atomic E-state index is 0.188. The molecule has 0 heterocycles. The van der Waals surface area contributed by atoms with Crippen molar-refractivity contribution in [3.8, 4) is 0 Å². The summed E-state index contributed by atoms with van der Waals surface area (Å²) in [5, 5.41) is 20.9. The zero-order chi connectivity index (χ0) is 17.4. The van der Waals surface area contributed by atoms with Gasteiger partial charge in [0, 0.05) is 13.5 Å². The van der Waals surface area contributed by atoms with E-state index < -0.39 is 12.1 Å². The Hall–Kier alpha value is -2.37. The maximum absolute atomic E-state index is 10.6. The summed E-state index contributed by atoms with van der Waals surface area (Å²) in [4.78, 5) is 10.6. The number of benzene rings is 2. The molecule has 2 rings (SSSR count). The molecule has 0 aliphatic carbocycles. The molecule has 0 bridgehead atoms. The quantitative estimate of drug-likeness (QED) is 0.617. The van der Waals surface area contributed by atoms with Crippen molar-refractivity contribution in [3.63, 3.8) is 0 Å². The van der Waals surface area contributed by atoms with Crippen molar-refractivity contribution < 1.29 is 15.0 Å². The van der Waals surface area contributed by atoms with Crippen LogP contribution in [-0.4, -0.2) is 29.8 Å². The van der Waals surface area contributed by atoms with Gasteiger partial charge < -0.3 is 15.2 Å². The van der Waals surface area contributed by atoms with E-state index in [0.717, 1.165) is 23.2 Å². The number of hydrazine groups is 1. The number of aliphatic hydroxyl groups is 1. The van der Waals surface area contributed by atoms with Gasteiger partial charge in [0.25, 0.3) is 0 Å². The number of carbonyl (C=O) groups is 1. The van der Waals surface area contributed by atoms with Gasteiger partial charge in [-0.05, 0) is 36.1 Å². The first-order valence-corrected chi connectivity index (χ1v) is 8.09. The fourth-order valence-corrected chi connectivity index (χ4v) is 2.57. The van der Waals surface area contributed by atoms with Crippen molar-refractivity contribution >= 4 is 11.7 Å². The van der Waals surface area contributed by atoms with Gasteiger partial charge in [-0.3, -0.25) is 4.79 Å². The summed E-state index contributed by atoms with van der Waals surface area (Å²) in [7, 11) is 1.82. The Morgan fingerprint density at radius 1 is 1.12 bits per heavy atom. The third kappa shape index (κ3) is 5.37. The largest absolute Gasteiger partial charge is 0.481 e. The fraction of sp³-hybridized carbons (Fsp3) is 0.316. The molecule has 5 heteroatoms. The molecule has 3 N–H and O–H groups in total. The Balaban J connectivity index is 1.96. The number of aliphatic carboxylic acids is 1. The predicted molar refractivity (Wildman–Crippen MR) is 94.8 cm³/mol. The number of nitrogens with zero attached hydrogens (tertiary/aromatic N) is 1. The van der Waals surface area contributed by atoms with Gasteiger partial charge in [-0.1, -0.05) is 42.5 Å². The van der Waals surface area contributed by atoms with Crippen molar-refractivity contribution in [1.82, 2.24) is 5.43 Å². The summed E-state index contributed by atoms with van der Waals surface area (Å²) in [5.74, 6) is -0.761. The van der Waals surface area contributed by atoms with Crippen LogP contribution < -0.4 is 10.4 Å². The van der Waals surface area contributed by atoms with Gasteiger partial charge in [-0.2, -0.15) is 0 Å². The molecule has 24 heavy (non-hydrogen) atoms. The highest BCUT2D eigenvalue weighted by Gasteiger charge is 2.13. The molecular weight excluding hydrogens is 304 g/mol. The molecule has 0 aromatic heterocycles. The zero-order valence-electron chi connectivity index (χ0n) is 13.9. The van der Waals surface area contributed by atoms with E-state index in [1.165, 1.54) is 0 Å². The van der Waals surface area contributed by atoms with Crippen LogP contribution in [0.3, 0.4) is 0 Å². The first kappa shape index (κ1) is 18.0. The van der Waals surface area contributed by atoms with E-state index in [0.29, 0.717) is 13.0 Å². The number of aliphatic hydroxyl groups excluding tert-OH is 1. The van der Waals surface area contributed by atoms with Gasteiger partial charge >= 0.3 is 5.97 Å². The summed E-state index contributed by atoms with van der Waals surface area (Å²) in [5.41, 5.74) is 6.03. The molecule has 128 valence electrons. The molecule has 0 aliphatic rings. The van der Waals surface area contributed by atoms with Crippen molar-refractivity contribution in [2.45, 2.75) is 25.4 Å². The second-order valence-corrected chi connectivity index (χ2v) is 5.67. The highest BCUT2D eigenvalue weighted by atomic mass is 16.4. The lowest BCUT2D eigenvalue weighted by Crippen LogP contribution is -2.38. The van der Waals surface area contributed by atoms with Crippen LogP contribution in [0.5, 0.6) is 0 Å². The Morgan fingerprint density at radius 3 is 2.38 bits per heavy atom. The molecule has 0 saturated heterocycles. The van der Waals surface area contributed by atoms with Gasteiger partial charge in [0.15, 0.2) is 0 Å². The van der Waals surface area contributed by atoms with E-state index in [-0.39, 0.29) is 6.42 Å². The number of anilines is 1. The van der Waals surface area contributed by atoms with Crippen LogP contribution >= 0.6 is 0 Å². The number of hydrogen-bond donors (Lipinski definition) is 3. The van der Waals surface area contributed by atoms with Crippen LogP contribution in [0.25, 0.3) is 0 Å². The average Bonchev–Trinajstić information content (AvgIpc) is 2.60. The monoisotopic (exact) mass is 328 g/mol. The molecular formula is C19H24N2O3. The summed E-state index contributed by atoms with van der Waals surface area (Å²) >= 11 is 0. The molecule has 5 nitrogen and oxygen atoms in total. The van der Waals surface area contributed by atoms with Gasteiger partial charge in [0.2, 0.25) is 0 Å². The van der Waals surface area contributed by atoms with E-state index in [4.69, 9.17) is 5.11 Å². The first-order chi connectivity index (χ1) is 11.6. The molecule has 1 unspecified atom stereocenters. The Kier molecular flexibility index (Phi) is 6.78. The molecule has 1 atom stereocenters. The molecule has 0 fully saturated rings. The summed E-state index contributed by atoms with van der Waals surface area (Å²) < 4.78 is 0. The summed E-state index contributed by atoms with van der Waals surface area (Å²) in [6.07, 6.45) is 0.984. The zero-order valence-corrected chi connectivity index (χ0v) is 13.9. The highest BCUT2D eigenvalue weighted by Crippen LogP contribution is 2.19. The second kappa shape index (κ2) is 9.05. The van der Waals surface area contributed by atoms with E-state index >= 15 is 0 Å². The van der Waals surface area contributed by atoms with E-state index in [1.807, 2.05) is 66.7 Å². The number of nitrogens with one attached hydrogen (secondary N) is 1. The SMILES string of the molecule is CNN(CC(O)c1ccccc1)c1ccc(CCCC(=O)O)cc1. The topological polar surface area (TPSA) is 72.8 Å². The van der Waals surface area contributed by atoms with Crippen molar-refractivity contribution in [3.05, 3.63) is 65.7 Å². The van der Waals surface area contributed by atoms with E-state index in [2.05, 4.69) is 5.43 Å². The lowest BCUT2D eigenvalue weighted by molar-refractivity contribution is -0.137. The van der Waals surface area contributed by atoms with Gasteiger partial charge in [-0.15, -0.1) is 0 Å². The summed E-state index contributed by atoms with van der Waals surface area (Å²) in [6.45, 7) is 0.429. The molecule has 0 aliphatic heterocycles. The number of carboxylic acid groups (broad SMARTS) is 1. The minimum Gasteiger partial charge on any atom is -0.481 e. The lowest BCUT2D eigenvalue weighted by Gasteiger charge is -2.26. The summed E-state index contributed by atoms with van der Waals surface area (Å²) in [6, 6.07) is 17.5. The number of aryl methyl sites for hydroxylation is 1. The van der Waals surface area contributed by atoms with Crippen LogP contribution in [0.2, 0.25) is 0 Å². The standard InChI is InChI=1S/C19H24N2O3/c1-20-21(14-18(22)16-7-3-2-4-8-16)17-12-10-15(11-13-17)6-5-9-19(23)24/h2-4,7-8,10-13,18,20,22H,5-6,9,14H2,1H3,(H,23,24). The van der Waals surface area contributed by atoms with Crippen LogP contribution in [0.1, 0.15) is 30.1 Å². The maximum Gasteiger partial charge on any atom is 0.303 e. The minimum atomic E-state index is -0.761. The first-order valence-electron chi connectivity index (χ1n) is 8.09.